The molecule has 8 heteroatoms. The molecule has 1 aliphatic carbocycles. The Morgan fingerprint density at radius 1 is 0.829 bits per heavy atom. The molecule has 5 rings (SSSR count). The summed E-state index contributed by atoms with van der Waals surface area (Å²) in [5, 5.41) is 9.82. The number of hydrogen-bond donors (Lipinski definition) is 1. The molecule has 4 aromatic rings. The zero-order valence-corrected chi connectivity index (χ0v) is 24.3. The van der Waals surface area contributed by atoms with Crippen LogP contribution in [0, 0.1) is 11.8 Å². The minimum Gasteiger partial charge on any atom is -0.481 e. The van der Waals surface area contributed by atoms with Crippen LogP contribution in [0.3, 0.4) is 0 Å². The Kier molecular flexibility index (Phi) is 8.92. The van der Waals surface area contributed by atoms with E-state index in [2.05, 4.69) is 15.9 Å². The number of halogens is 4. The zero-order valence-electron chi connectivity index (χ0n) is 21.9. The van der Waals surface area contributed by atoms with Crippen molar-refractivity contribution in [3.05, 3.63) is 136 Å². The van der Waals surface area contributed by atoms with Gasteiger partial charge in [0, 0.05) is 14.6 Å². The van der Waals surface area contributed by atoms with Crippen molar-refractivity contribution in [2.75, 3.05) is 6.61 Å². The van der Waals surface area contributed by atoms with E-state index in [0.29, 0.717) is 10.9 Å². The fourth-order valence-corrected chi connectivity index (χ4v) is 7.48. The first-order valence-electron chi connectivity index (χ1n) is 13.2. The number of aliphatic carboxylic acids is 1. The molecule has 0 spiro atoms. The summed E-state index contributed by atoms with van der Waals surface area (Å²) in [6.07, 6.45) is -3.83. The topological polar surface area (TPSA) is 46.5 Å². The van der Waals surface area contributed by atoms with Gasteiger partial charge in [-0.1, -0.05) is 107 Å². The molecule has 4 aromatic carbocycles. The molecule has 1 aliphatic rings. The molecule has 1 fully saturated rings. The van der Waals surface area contributed by atoms with E-state index in [1.807, 2.05) is 91.0 Å². The van der Waals surface area contributed by atoms with Crippen molar-refractivity contribution in [2.24, 2.45) is 11.8 Å². The highest BCUT2D eigenvalue weighted by molar-refractivity contribution is 9.10. The normalized spacial score (nSPS) is 19.3. The minimum atomic E-state index is -4.51. The first-order chi connectivity index (χ1) is 19.7. The summed E-state index contributed by atoms with van der Waals surface area (Å²) in [6.45, 7) is 0.124. The molecular formula is C33H28BrF3O3S. The Hall–Kier alpha value is -3.07. The SMILES string of the molecule is O=C(O)[C@@H]1C[C@@H](Sc2ccc(Br)cc2C(F)(F)F)C[C@H]1COC(c1ccccc1)(c1ccccc1)c1ccccc1. The van der Waals surface area contributed by atoms with Crippen LogP contribution < -0.4 is 0 Å². The summed E-state index contributed by atoms with van der Waals surface area (Å²) >= 11 is 4.23. The van der Waals surface area contributed by atoms with Gasteiger partial charge in [0.2, 0.25) is 0 Å². The fraction of sp³-hybridized carbons (Fsp3) is 0.242. The van der Waals surface area contributed by atoms with Gasteiger partial charge in [0.05, 0.1) is 18.1 Å². The van der Waals surface area contributed by atoms with E-state index in [1.54, 1.807) is 6.07 Å². The van der Waals surface area contributed by atoms with Gasteiger partial charge in [-0.15, -0.1) is 11.8 Å². The number of carboxylic acids is 1. The van der Waals surface area contributed by atoms with Gasteiger partial charge < -0.3 is 9.84 Å². The van der Waals surface area contributed by atoms with Crippen LogP contribution in [0.25, 0.3) is 0 Å². The van der Waals surface area contributed by atoms with Gasteiger partial charge in [-0.3, -0.25) is 4.79 Å². The van der Waals surface area contributed by atoms with Gasteiger partial charge in [-0.05, 0) is 53.6 Å². The van der Waals surface area contributed by atoms with Crippen LogP contribution in [-0.4, -0.2) is 22.9 Å². The predicted octanol–water partition coefficient (Wildman–Crippen LogP) is 9.05. The quantitative estimate of drug-likeness (QED) is 0.185. The second kappa shape index (κ2) is 12.4. The molecular weight excluding hydrogens is 613 g/mol. The lowest BCUT2D eigenvalue weighted by Gasteiger charge is -2.37. The van der Waals surface area contributed by atoms with Crippen molar-refractivity contribution in [3.63, 3.8) is 0 Å². The molecule has 41 heavy (non-hydrogen) atoms. The predicted molar refractivity (Wildman–Crippen MR) is 158 cm³/mol. The molecule has 0 aromatic heterocycles. The van der Waals surface area contributed by atoms with Crippen molar-refractivity contribution in [1.29, 1.82) is 0 Å². The van der Waals surface area contributed by atoms with Gasteiger partial charge in [-0.2, -0.15) is 13.2 Å². The molecule has 0 unspecified atom stereocenters. The van der Waals surface area contributed by atoms with Gasteiger partial charge in [-0.25, -0.2) is 0 Å². The molecule has 3 nitrogen and oxygen atoms in total. The van der Waals surface area contributed by atoms with Crippen molar-refractivity contribution in [3.8, 4) is 0 Å². The highest BCUT2D eigenvalue weighted by Crippen LogP contribution is 2.48. The van der Waals surface area contributed by atoms with Crippen LogP contribution in [0.2, 0.25) is 0 Å². The minimum absolute atomic E-state index is 0.101. The number of ether oxygens (including phenoxy) is 1. The molecule has 0 heterocycles. The number of thioether (sulfide) groups is 1. The third-order valence-electron chi connectivity index (χ3n) is 7.56. The van der Waals surface area contributed by atoms with Gasteiger partial charge in [0.25, 0.3) is 0 Å². The Morgan fingerprint density at radius 3 is 1.80 bits per heavy atom. The van der Waals surface area contributed by atoms with Crippen molar-refractivity contribution < 1.29 is 27.8 Å². The Balaban J connectivity index is 1.47. The second-order valence-electron chi connectivity index (χ2n) is 10.1. The van der Waals surface area contributed by atoms with Crippen LogP contribution in [0.4, 0.5) is 13.2 Å². The third-order valence-corrected chi connectivity index (χ3v) is 9.39. The summed E-state index contributed by atoms with van der Waals surface area (Å²) in [5.41, 5.74) is 0.973. The lowest BCUT2D eigenvalue weighted by atomic mass is 9.80. The molecule has 1 N–H and O–H groups in total. The number of carboxylic acid groups (broad SMARTS) is 1. The maximum Gasteiger partial charge on any atom is 0.417 e. The first-order valence-corrected chi connectivity index (χ1v) is 14.9. The number of carbonyl (C=O) groups is 1. The van der Waals surface area contributed by atoms with Crippen LogP contribution in [0.15, 0.2) is 119 Å². The zero-order chi connectivity index (χ0) is 29.0. The second-order valence-corrected chi connectivity index (χ2v) is 12.4. The molecule has 1 saturated carbocycles. The lowest BCUT2D eigenvalue weighted by molar-refractivity contribution is -0.144. The van der Waals surface area contributed by atoms with E-state index in [-0.39, 0.29) is 29.1 Å². The molecule has 3 atom stereocenters. The molecule has 0 bridgehead atoms. The number of benzene rings is 4. The van der Waals surface area contributed by atoms with E-state index >= 15 is 0 Å². The Bertz CT molecular complexity index is 1370. The van der Waals surface area contributed by atoms with E-state index in [0.717, 1.165) is 34.5 Å². The first kappa shape index (κ1) is 29.4. The van der Waals surface area contributed by atoms with Crippen LogP contribution in [0.1, 0.15) is 35.1 Å². The van der Waals surface area contributed by atoms with E-state index in [4.69, 9.17) is 4.74 Å². The van der Waals surface area contributed by atoms with Crippen molar-refractivity contribution >= 4 is 33.7 Å². The molecule has 0 amide bonds. The Morgan fingerprint density at radius 2 is 1.34 bits per heavy atom. The smallest absolute Gasteiger partial charge is 0.417 e. The number of rotatable bonds is 9. The van der Waals surface area contributed by atoms with Crippen LogP contribution in [-0.2, 0) is 21.3 Å². The number of alkyl halides is 3. The van der Waals surface area contributed by atoms with E-state index in [1.165, 1.54) is 6.07 Å². The maximum absolute atomic E-state index is 13.8. The van der Waals surface area contributed by atoms with E-state index in [9.17, 15) is 23.1 Å². The van der Waals surface area contributed by atoms with Crippen LogP contribution >= 0.6 is 27.7 Å². The monoisotopic (exact) mass is 640 g/mol. The summed E-state index contributed by atoms with van der Waals surface area (Å²) < 4.78 is 48.5. The van der Waals surface area contributed by atoms with Gasteiger partial charge in [0.15, 0.2) is 0 Å². The van der Waals surface area contributed by atoms with E-state index < -0.39 is 29.2 Å². The standard InChI is InChI=1S/C33H28BrF3O3S/c34-26-16-17-30(29(19-26)33(35,36)37)41-27-18-22(28(20-27)31(38)39)21-40-32(23-10-4-1-5-11-23,24-12-6-2-7-13-24)25-14-8-3-9-15-25/h1-17,19,22,27-28H,18,20-21H2,(H,38,39)/t22-,27-,28+/m0/s1. The molecule has 0 saturated heterocycles. The van der Waals surface area contributed by atoms with Gasteiger partial charge >= 0.3 is 12.1 Å². The fourth-order valence-electron chi connectivity index (χ4n) is 5.66. The highest BCUT2D eigenvalue weighted by Gasteiger charge is 2.44. The summed E-state index contributed by atoms with van der Waals surface area (Å²) in [6, 6.07) is 33.5. The largest absolute Gasteiger partial charge is 0.481 e. The maximum atomic E-state index is 13.8. The summed E-state index contributed by atoms with van der Waals surface area (Å²) in [7, 11) is 0. The third kappa shape index (κ3) is 6.40. The average molecular weight is 642 g/mol. The van der Waals surface area contributed by atoms with Gasteiger partial charge in [0.1, 0.15) is 5.60 Å². The Labute approximate surface area is 249 Å². The molecule has 0 radical (unpaired) electrons. The molecule has 0 aliphatic heterocycles. The lowest BCUT2D eigenvalue weighted by Crippen LogP contribution is -2.36. The van der Waals surface area contributed by atoms with Crippen LogP contribution in [0.5, 0.6) is 0 Å². The summed E-state index contributed by atoms with van der Waals surface area (Å²) in [4.78, 5) is 12.5. The average Bonchev–Trinajstić information content (AvgIpc) is 3.38. The summed E-state index contributed by atoms with van der Waals surface area (Å²) in [5.74, 6) is -2.08. The highest BCUT2D eigenvalue weighted by atomic mass is 79.9. The van der Waals surface area contributed by atoms with Crippen molar-refractivity contribution in [1.82, 2.24) is 0 Å². The number of hydrogen-bond acceptors (Lipinski definition) is 3. The van der Waals surface area contributed by atoms with Crippen molar-refractivity contribution in [2.45, 2.75) is 34.8 Å². The molecule has 212 valence electrons.